The number of halogens is 2. The molecule has 0 nitrogen and oxygen atoms in total. The minimum atomic E-state index is -0.920. The van der Waals surface area contributed by atoms with Gasteiger partial charge in [-0.15, -0.1) is 6.58 Å². The molecule has 0 aromatic heterocycles. The smallest absolute Gasteiger partial charge is 0.123 e. The summed E-state index contributed by atoms with van der Waals surface area (Å²) in [7, 11) is 0. The van der Waals surface area contributed by atoms with Crippen LogP contribution in [0, 0.1) is 12.7 Å². The Hall–Kier alpha value is -1.18. The van der Waals surface area contributed by atoms with E-state index in [0.717, 1.165) is 11.1 Å². The van der Waals surface area contributed by atoms with Gasteiger partial charge in [-0.25, -0.2) is 8.78 Å². The molecule has 0 saturated carbocycles. The fourth-order valence-electron chi connectivity index (χ4n) is 1.39. The molecular formula is C12H14F2. The second-order valence-electron chi connectivity index (χ2n) is 3.40. The molecule has 0 N–H and O–H groups in total. The molecular weight excluding hydrogens is 182 g/mol. The Kier molecular flexibility index (Phi) is 3.81. The molecule has 2 heteroatoms. The van der Waals surface area contributed by atoms with Crippen LogP contribution < -0.4 is 0 Å². The van der Waals surface area contributed by atoms with E-state index in [0.29, 0.717) is 12.8 Å². The Morgan fingerprint density at radius 3 is 2.79 bits per heavy atom. The van der Waals surface area contributed by atoms with E-state index in [2.05, 4.69) is 6.58 Å². The monoisotopic (exact) mass is 196 g/mol. The zero-order chi connectivity index (χ0) is 10.6. The fraction of sp³-hybridized carbons (Fsp3) is 0.333. The molecule has 1 unspecified atom stereocenters. The van der Waals surface area contributed by atoms with E-state index in [-0.39, 0.29) is 5.82 Å². The standard InChI is InChI=1S/C12H14F2/c1-3-4-11(13)8-10-5-6-12(14)7-9(10)2/h3,5-7,11H,1,4,8H2,2H3. The summed E-state index contributed by atoms with van der Waals surface area (Å²) in [6.07, 6.45) is 1.31. The van der Waals surface area contributed by atoms with Gasteiger partial charge in [0.25, 0.3) is 0 Å². The summed E-state index contributed by atoms with van der Waals surface area (Å²) in [4.78, 5) is 0. The second-order valence-corrected chi connectivity index (χ2v) is 3.40. The first-order valence-corrected chi connectivity index (χ1v) is 4.63. The van der Waals surface area contributed by atoms with Crippen LogP contribution in [0.2, 0.25) is 0 Å². The van der Waals surface area contributed by atoms with E-state index < -0.39 is 6.17 Å². The van der Waals surface area contributed by atoms with Gasteiger partial charge in [-0.05, 0) is 36.6 Å². The summed E-state index contributed by atoms with van der Waals surface area (Å²) < 4.78 is 25.9. The molecule has 0 heterocycles. The van der Waals surface area contributed by atoms with Crippen molar-refractivity contribution in [3.63, 3.8) is 0 Å². The maximum absolute atomic E-state index is 13.2. The maximum Gasteiger partial charge on any atom is 0.123 e. The Morgan fingerprint density at radius 1 is 1.50 bits per heavy atom. The van der Waals surface area contributed by atoms with Gasteiger partial charge in [0, 0.05) is 6.42 Å². The molecule has 0 bridgehead atoms. The average molecular weight is 196 g/mol. The molecule has 0 spiro atoms. The van der Waals surface area contributed by atoms with Crippen molar-refractivity contribution in [3.8, 4) is 0 Å². The first-order chi connectivity index (χ1) is 6.63. The van der Waals surface area contributed by atoms with E-state index in [1.165, 1.54) is 12.1 Å². The molecule has 0 amide bonds. The molecule has 1 aromatic carbocycles. The van der Waals surface area contributed by atoms with Crippen LogP contribution in [0.4, 0.5) is 8.78 Å². The number of allylic oxidation sites excluding steroid dienone is 1. The van der Waals surface area contributed by atoms with Gasteiger partial charge >= 0.3 is 0 Å². The zero-order valence-corrected chi connectivity index (χ0v) is 8.26. The van der Waals surface area contributed by atoms with Gasteiger partial charge in [-0.2, -0.15) is 0 Å². The Labute approximate surface area is 83.3 Å². The van der Waals surface area contributed by atoms with Crippen LogP contribution in [0.15, 0.2) is 30.9 Å². The van der Waals surface area contributed by atoms with E-state index in [1.807, 2.05) is 0 Å². The van der Waals surface area contributed by atoms with E-state index >= 15 is 0 Å². The molecule has 0 radical (unpaired) electrons. The van der Waals surface area contributed by atoms with Crippen LogP contribution in [0.3, 0.4) is 0 Å². The number of aryl methyl sites for hydroxylation is 1. The highest BCUT2D eigenvalue weighted by molar-refractivity contribution is 5.27. The normalized spacial score (nSPS) is 12.5. The molecule has 0 fully saturated rings. The molecule has 0 saturated heterocycles. The van der Waals surface area contributed by atoms with Crippen molar-refractivity contribution < 1.29 is 8.78 Å². The fourth-order valence-corrected chi connectivity index (χ4v) is 1.39. The molecule has 76 valence electrons. The van der Waals surface area contributed by atoms with Crippen molar-refractivity contribution >= 4 is 0 Å². The summed E-state index contributed by atoms with van der Waals surface area (Å²) >= 11 is 0. The molecule has 0 aliphatic carbocycles. The number of rotatable bonds is 4. The van der Waals surface area contributed by atoms with E-state index in [4.69, 9.17) is 0 Å². The van der Waals surface area contributed by atoms with E-state index in [1.54, 1.807) is 19.1 Å². The number of alkyl halides is 1. The van der Waals surface area contributed by atoms with Gasteiger partial charge in [-0.3, -0.25) is 0 Å². The minimum Gasteiger partial charge on any atom is -0.247 e. The summed E-state index contributed by atoms with van der Waals surface area (Å²) in [6.45, 7) is 5.27. The predicted octanol–water partition coefficient (Wildman–Crippen LogP) is 3.59. The molecule has 1 rings (SSSR count). The third kappa shape index (κ3) is 2.95. The topological polar surface area (TPSA) is 0 Å². The second kappa shape index (κ2) is 4.89. The summed E-state index contributed by atoms with van der Waals surface area (Å²) in [6, 6.07) is 4.43. The average Bonchev–Trinajstić information content (AvgIpc) is 2.10. The number of hydrogen-bond acceptors (Lipinski definition) is 0. The van der Waals surface area contributed by atoms with Gasteiger partial charge in [0.15, 0.2) is 0 Å². The van der Waals surface area contributed by atoms with Crippen molar-refractivity contribution in [2.45, 2.75) is 25.9 Å². The van der Waals surface area contributed by atoms with Gasteiger partial charge in [0.05, 0.1) is 0 Å². The molecule has 1 atom stereocenters. The highest BCUT2D eigenvalue weighted by Crippen LogP contribution is 2.15. The lowest BCUT2D eigenvalue weighted by Gasteiger charge is -2.08. The maximum atomic E-state index is 13.2. The third-order valence-corrected chi connectivity index (χ3v) is 2.17. The van der Waals surface area contributed by atoms with Gasteiger partial charge in [0.2, 0.25) is 0 Å². The lowest BCUT2D eigenvalue weighted by atomic mass is 10.0. The molecule has 0 aliphatic heterocycles. The van der Waals surface area contributed by atoms with Crippen LogP contribution in [0.5, 0.6) is 0 Å². The van der Waals surface area contributed by atoms with Crippen LogP contribution in [0.25, 0.3) is 0 Å². The molecule has 1 aromatic rings. The quantitative estimate of drug-likeness (QED) is 0.645. The molecule has 0 aliphatic rings. The number of benzene rings is 1. The highest BCUT2D eigenvalue weighted by Gasteiger charge is 2.07. The van der Waals surface area contributed by atoms with Crippen molar-refractivity contribution in [1.29, 1.82) is 0 Å². The third-order valence-electron chi connectivity index (χ3n) is 2.17. The largest absolute Gasteiger partial charge is 0.247 e. The predicted molar refractivity (Wildman–Crippen MR) is 54.6 cm³/mol. The Bertz CT molecular complexity index is 318. The first-order valence-electron chi connectivity index (χ1n) is 4.63. The van der Waals surface area contributed by atoms with E-state index in [9.17, 15) is 8.78 Å². The van der Waals surface area contributed by atoms with Crippen molar-refractivity contribution in [3.05, 3.63) is 47.8 Å². The summed E-state index contributed by atoms with van der Waals surface area (Å²) in [5.74, 6) is -0.273. The Morgan fingerprint density at radius 2 is 2.21 bits per heavy atom. The van der Waals surface area contributed by atoms with Crippen LogP contribution in [-0.2, 0) is 6.42 Å². The van der Waals surface area contributed by atoms with Crippen molar-refractivity contribution in [2.75, 3.05) is 0 Å². The van der Waals surface area contributed by atoms with Crippen molar-refractivity contribution in [1.82, 2.24) is 0 Å². The lowest BCUT2D eigenvalue weighted by Crippen LogP contribution is -2.04. The summed E-state index contributed by atoms with van der Waals surface area (Å²) in [5, 5.41) is 0. The van der Waals surface area contributed by atoms with Crippen molar-refractivity contribution in [2.24, 2.45) is 0 Å². The number of hydrogen-bond donors (Lipinski definition) is 0. The van der Waals surface area contributed by atoms with Gasteiger partial charge < -0.3 is 0 Å². The minimum absolute atomic E-state index is 0.273. The zero-order valence-electron chi connectivity index (χ0n) is 8.26. The van der Waals surface area contributed by atoms with Gasteiger partial charge in [-0.1, -0.05) is 12.1 Å². The summed E-state index contributed by atoms with van der Waals surface area (Å²) in [5.41, 5.74) is 1.66. The van der Waals surface area contributed by atoms with Crippen LogP contribution in [0.1, 0.15) is 17.5 Å². The highest BCUT2D eigenvalue weighted by atomic mass is 19.1. The van der Waals surface area contributed by atoms with Gasteiger partial charge in [0.1, 0.15) is 12.0 Å². The molecule has 14 heavy (non-hydrogen) atoms. The van der Waals surface area contributed by atoms with Crippen LogP contribution >= 0.6 is 0 Å². The first kappa shape index (κ1) is 10.9. The lowest BCUT2D eigenvalue weighted by molar-refractivity contribution is 0.334. The van der Waals surface area contributed by atoms with Crippen LogP contribution in [-0.4, -0.2) is 6.17 Å². The Balaban J connectivity index is 2.71. The SMILES string of the molecule is C=CCC(F)Cc1ccc(F)cc1C.